The summed E-state index contributed by atoms with van der Waals surface area (Å²) in [5.74, 6) is 0.332. The van der Waals surface area contributed by atoms with E-state index in [9.17, 15) is 4.79 Å². The summed E-state index contributed by atoms with van der Waals surface area (Å²) in [7, 11) is 0. The van der Waals surface area contributed by atoms with Crippen LogP contribution in [0, 0.1) is 0 Å². The molecular weight excluding hydrogens is 255 g/mol. The number of nitrogens with one attached hydrogen (secondary N) is 1. The van der Waals surface area contributed by atoms with E-state index in [0.29, 0.717) is 5.91 Å². The van der Waals surface area contributed by atoms with Crippen LogP contribution in [0.5, 0.6) is 0 Å². The van der Waals surface area contributed by atoms with Gasteiger partial charge in [0.15, 0.2) is 0 Å². The third-order valence-corrected chi connectivity index (χ3v) is 2.41. The van der Waals surface area contributed by atoms with E-state index in [-0.39, 0.29) is 0 Å². The van der Waals surface area contributed by atoms with Crippen molar-refractivity contribution in [2.24, 2.45) is 0 Å². The van der Waals surface area contributed by atoms with Crippen LogP contribution in [-0.4, -0.2) is 30.4 Å². The first-order valence-electron chi connectivity index (χ1n) is 3.96. The minimum Gasteiger partial charge on any atom is -0.343 e. The number of carbonyl (C=O) groups is 1. The van der Waals surface area contributed by atoms with Gasteiger partial charge in [0.05, 0.1) is 0 Å². The summed E-state index contributed by atoms with van der Waals surface area (Å²) in [6.45, 7) is 2.89. The van der Waals surface area contributed by atoms with Crippen LogP contribution < -0.4 is 3.53 Å². The van der Waals surface area contributed by atoms with Gasteiger partial charge in [0, 0.05) is 48.9 Å². The van der Waals surface area contributed by atoms with Gasteiger partial charge in [-0.15, -0.1) is 0 Å². The van der Waals surface area contributed by atoms with Crippen molar-refractivity contribution in [2.75, 3.05) is 19.6 Å². The van der Waals surface area contributed by atoms with Crippen molar-refractivity contribution in [3.63, 3.8) is 0 Å². The van der Waals surface area contributed by atoms with Crippen LogP contribution >= 0.6 is 22.9 Å². The van der Waals surface area contributed by atoms with Gasteiger partial charge >= 0.3 is 0 Å². The number of rotatable bonds is 4. The third-order valence-electron chi connectivity index (χ3n) is 1.87. The van der Waals surface area contributed by atoms with E-state index >= 15 is 0 Å². The molecule has 0 radical (unpaired) electrons. The fraction of sp³-hybridized carbons (Fsp3) is 0.857. The largest absolute Gasteiger partial charge is 0.343 e. The molecule has 1 heterocycles. The molecular formula is C7H13IN2O. The third kappa shape index (κ3) is 2.94. The highest BCUT2D eigenvalue weighted by atomic mass is 127. The van der Waals surface area contributed by atoms with E-state index in [1.807, 2.05) is 4.90 Å². The molecule has 0 atom stereocenters. The summed E-state index contributed by atoms with van der Waals surface area (Å²) in [5, 5.41) is 0. The van der Waals surface area contributed by atoms with Crippen LogP contribution in [-0.2, 0) is 4.79 Å². The normalized spacial score (nSPS) is 17.9. The van der Waals surface area contributed by atoms with Gasteiger partial charge in [-0.05, 0) is 12.8 Å². The summed E-state index contributed by atoms with van der Waals surface area (Å²) in [4.78, 5) is 13.0. The second kappa shape index (κ2) is 4.92. The highest BCUT2D eigenvalue weighted by Gasteiger charge is 2.18. The van der Waals surface area contributed by atoms with Crippen molar-refractivity contribution in [1.82, 2.24) is 8.43 Å². The molecule has 0 saturated carbocycles. The van der Waals surface area contributed by atoms with Gasteiger partial charge in [-0.1, -0.05) is 0 Å². The minimum absolute atomic E-state index is 0.332. The summed E-state index contributed by atoms with van der Waals surface area (Å²) in [6.07, 6.45) is 2.88. The Balaban J connectivity index is 2.10. The number of amides is 1. The van der Waals surface area contributed by atoms with E-state index in [1.54, 1.807) is 0 Å². The zero-order valence-corrected chi connectivity index (χ0v) is 8.63. The molecule has 1 N–H and O–H groups in total. The zero-order chi connectivity index (χ0) is 8.10. The van der Waals surface area contributed by atoms with Gasteiger partial charge in [0.25, 0.3) is 0 Å². The van der Waals surface area contributed by atoms with Gasteiger partial charge in [0.1, 0.15) is 0 Å². The second-order valence-electron chi connectivity index (χ2n) is 2.72. The lowest BCUT2D eigenvalue weighted by Crippen LogP contribution is -2.27. The van der Waals surface area contributed by atoms with Crippen LogP contribution in [0.2, 0.25) is 0 Å². The molecule has 0 aromatic rings. The van der Waals surface area contributed by atoms with Crippen molar-refractivity contribution < 1.29 is 4.79 Å². The van der Waals surface area contributed by atoms with Crippen LogP contribution in [0.4, 0.5) is 0 Å². The molecule has 64 valence electrons. The molecule has 1 fully saturated rings. The number of hydrogen-bond donors (Lipinski definition) is 1. The van der Waals surface area contributed by atoms with Crippen molar-refractivity contribution >= 4 is 28.8 Å². The maximum absolute atomic E-state index is 11.1. The van der Waals surface area contributed by atoms with E-state index in [1.165, 1.54) is 0 Å². The molecule has 0 unspecified atom stereocenters. The molecule has 0 aromatic heterocycles. The molecule has 1 aliphatic rings. The standard InChI is InChI=1S/C7H13IN2O/c8-9-4-2-6-10-5-1-3-7(10)11/h9H,1-6H2. The lowest BCUT2D eigenvalue weighted by molar-refractivity contribution is -0.127. The molecule has 1 saturated heterocycles. The monoisotopic (exact) mass is 268 g/mol. The summed E-state index contributed by atoms with van der Waals surface area (Å²) in [6, 6.07) is 0. The van der Waals surface area contributed by atoms with E-state index in [4.69, 9.17) is 0 Å². The first kappa shape index (κ1) is 9.25. The molecule has 0 bridgehead atoms. The van der Waals surface area contributed by atoms with Gasteiger partial charge in [-0.2, -0.15) is 0 Å². The van der Waals surface area contributed by atoms with E-state index in [2.05, 4.69) is 26.4 Å². The first-order valence-corrected chi connectivity index (χ1v) is 5.04. The predicted octanol–water partition coefficient (Wildman–Crippen LogP) is 0.939. The van der Waals surface area contributed by atoms with Crippen LogP contribution in [0.3, 0.4) is 0 Å². The number of hydrogen-bond acceptors (Lipinski definition) is 2. The van der Waals surface area contributed by atoms with Crippen LogP contribution in [0.1, 0.15) is 19.3 Å². The molecule has 3 nitrogen and oxygen atoms in total. The van der Waals surface area contributed by atoms with Gasteiger partial charge in [-0.25, -0.2) is 0 Å². The molecule has 0 aliphatic carbocycles. The molecule has 0 aromatic carbocycles. The Morgan fingerprint density at radius 3 is 3.00 bits per heavy atom. The topological polar surface area (TPSA) is 32.3 Å². The predicted molar refractivity (Wildman–Crippen MR) is 52.5 cm³/mol. The SMILES string of the molecule is O=C1CCCN1CCCNI. The van der Waals surface area contributed by atoms with Gasteiger partial charge in [0.2, 0.25) is 5.91 Å². The van der Waals surface area contributed by atoms with Crippen molar-refractivity contribution in [1.29, 1.82) is 0 Å². The highest BCUT2D eigenvalue weighted by molar-refractivity contribution is 14.1. The molecule has 1 aliphatic heterocycles. The number of nitrogens with zero attached hydrogens (tertiary/aromatic N) is 1. The lowest BCUT2D eigenvalue weighted by Gasteiger charge is -2.14. The minimum atomic E-state index is 0.332. The number of carbonyl (C=O) groups excluding carboxylic acids is 1. The smallest absolute Gasteiger partial charge is 0.222 e. The Bertz CT molecular complexity index is 140. The molecule has 1 rings (SSSR count). The van der Waals surface area contributed by atoms with Crippen molar-refractivity contribution in [2.45, 2.75) is 19.3 Å². The van der Waals surface area contributed by atoms with E-state index < -0.39 is 0 Å². The summed E-state index contributed by atoms with van der Waals surface area (Å²) in [5.41, 5.74) is 0. The van der Waals surface area contributed by atoms with Crippen LogP contribution in [0.25, 0.3) is 0 Å². The average Bonchev–Trinajstić information content (AvgIpc) is 2.37. The Morgan fingerprint density at radius 1 is 1.64 bits per heavy atom. The fourth-order valence-corrected chi connectivity index (χ4v) is 1.66. The number of halogens is 1. The average molecular weight is 268 g/mol. The zero-order valence-electron chi connectivity index (χ0n) is 6.48. The van der Waals surface area contributed by atoms with Crippen LogP contribution in [0.15, 0.2) is 0 Å². The Kier molecular flexibility index (Phi) is 4.14. The lowest BCUT2D eigenvalue weighted by atomic mass is 10.4. The maximum atomic E-state index is 11.1. The number of likely N-dealkylation sites (tertiary alicyclic amines) is 1. The summed E-state index contributed by atoms with van der Waals surface area (Å²) < 4.78 is 3.04. The maximum Gasteiger partial charge on any atom is 0.222 e. The highest BCUT2D eigenvalue weighted by Crippen LogP contribution is 2.09. The molecule has 4 heteroatoms. The van der Waals surface area contributed by atoms with Crippen molar-refractivity contribution in [3.05, 3.63) is 0 Å². The molecule has 1 amide bonds. The molecule has 11 heavy (non-hydrogen) atoms. The Morgan fingerprint density at radius 2 is 2.45 bits per heavy atom. The van der Waals surface area contributed by atoms with Gasteiger partial charge in [-0.3, -0.25) is 8.32 Å². The van der Waals surface area contributed by atoms with E-state index in [0.717, 1.165) is 38.9 Å². The summed E-state index contributed by atoms with van der Waals surface area (Å²) >= 11 is 2.13. The quantitative estimate of drug-likeness (QED) is 0.467. The second-order valence-corrected chi connectivity index (χ2v) is 3.48. The fourth-order valence-electron chi connectivity index (χ4n) is 1.28. The first-order chi connectivity index (χ1) is 5.34. The Hall–Kier alpha value is 0.160. The van der Waals surface area contributed by atoms with Crippen molar-refractivity contribution in [3.8, 4) is 0 Å². The Labute approximate surface area is 81.0 Å². The van der Waals surface area contributed by atoms with Gasteiger partial charge < -0.3 is 4.90 Å². The molecule has 0 spiro atoms.